The van der Waals surface area contributed by atoms with Crippen molar-refractivity contribution < 1.29 is 9.53 Å². The first kappa shape index (κ1) is 13.4. The van der Waals surface area contributed by atoms with E-state index in [4.69, 9.17) is 0 Å². The highest BCUT2D eigenvalue weighted by atomic mass is 16.5. The van der Waals surface area contributed by atoms with Gasteiger partial charge < -0.3 is 10.1 Å². The second-order valence-corrected chi connectivity index (χ2v) is 3.84. The number of carbonyl (C=O) groups excluding carboxylic acids is 1. The fourth-order valence-corrected chi connectivity index (χ4v) is 1.41. The number of carbonyl (C=O) groups is 1. The van der Waals surface area contributed by atoms with Crippen LogP contribution in [-0.4, -0.2) is 29.6 Å². The van der Waals surface area contributed by atoms with E-state index < -0.39 is 0 Å². The number of rotatable bonds is 7. The maximum absolute atomic E-state index is 10.8. The van der Waals surface area contributed by atoms with Gasteiger partial charge in [0.25, 0.3) is 0 Å². The van der Waals surface area contributed by atoms with Gasteiger partial charge in [0.2, 0.25) is 5.95 Å². The minimum absolute atomic E-state index is 0.139. The zero-order valence-corrected chi connectivity index (χ0v) is 10.4. The maximum atomic E-state index is 10.8. The van der Waals surface area contributed by atoms with Crippen molar-refractivity contribution in [3.63, 3.8) is 0 Å². The molecule has 0 saturated heterocycles. The second kappa shape index (κ2) is 7.60. The molecule has 17 heavy (non-hydrogen) atoms. The van der Waals surface area contributed by atoms with Gasteiger partial charge in [0.15, 0.2) is 0 Å². The first-order chi connectivity index (χ1) is 8.22. The molecule has 0 aliphatic heterocycles. The lowest BCUT2D eigenvalue weighted by Crippen LogP contribution is -2.06. The van der Waals surface area contributed by atoms with E-state index in [-0.39, 0.29) is 5.97 Å². The summed E-state index contributed by atoms with van der Waals surface area (Å²) in [6.45, 7) is 2.76. The van der Waals surface area contributed by atoms with Crippen LogP contribution in [0.5, 0.6) is 0 Å². The Hall–Kier alpha value is -1.65. The van der Waals surface area contributed by atoms with Gasteiger partial charge in [-0.2, -0.15) is 0 Å². The number of aryl methyl sites for hydroxylation is 1. The van der Waals surface area contributed by atoms with Gasteiger partial charge >= 0.3 is 5.97 Å². The standard InChI is InChI=1S/C12H19N3O2/c1-10-7-9-14-12(15-10)13-8-5-3-4-6-11(16)17-2/h7,9H,3-6,8H2,1-2H3,(H,13,14,15). The molecule has 0 aromatic carbocycles. The second-order valence-electron chi connectivity index (χ2n) is 3.84. The maximum Gasteiger partial charge on any atom is 0.305 e. The summed E-state index contributed by atoms with van der Waals surface area (Å²) in [5.74, 6) is 0.526. The molecule has 0 aliphatic carbocycles. The number of anilines is 1. The molecule has 0 spiro atoms. The van der Waals surface area contributed by atoms with Crippen molar-refractivity contribution >= 4 is 11.9 Å². The highest BCUT2D eigenvalue weighted by molar-refractivity contribution is 5.68. The van der Waals surface area contributed by atoms with E-state index in [0.29, 0.717) is 12.4 Å². The van der Waals surface area contributed by atoms with Gasteiger partial charge in [0.1, 0.15) is 0 Å². The molecule has 0 saturated carbocycles. The number of aromatic nitrogens is 2. The molecule has 0 fully saturated rings. The van der Waals surface area contributed by atoms with Crippen LogP contribution in [0.25, 0.3) is 0 Å². The fraction of sp³-hybridized carbons (Fsp3) is 0.583. The van der Waals surface area contributed by atoms with Crippen LogP contribution in [0, 0.1) is 6.92 Å². The van der Waals surface area contributed by atoms with Gasteiger partial charge in [-0.15, -0.1) is 0 Å². The zero-order valence-electron chi connectivity index (χ0n) is 10.4. The average molecular weight is 237 g/mol. The van der Waals surface area contributed by atoms with E-state index in [0.717, 1.165) is 31.5 Å². The van der Waals surface area contributed by atoms with E-state index in [1.807, 2.05) is 13.0 Å². The van der Waals surface area contributed by atoms with E-state index in [2.05, 4.69) is 20.0 Å². The number of methoxy groups -OCH3 is 1. The topological polar surface area (TPSA) is 64.1 Å². The normalized spacial score (nSPS) is 10.0. The predicted octanol–water partition coefficient (Wildman–Crippen LogP) is 1.93. The highest BCUT2D eigenvalue weighted by Gasteiger charge is 1.99. The van der Waals surface area contributed by atoms with Crippen LogP contribution in [-0.2, 0) is 9.53 Å². The van der Waals surface area contributed by atoms with Gasteiger partial charge in [-0.1, -0.05) is 6.42 Å². The molecule has 0 bridgehead atoms. The van der Waals surface area contributed by atoms with Gasteiger partial charge in [0.05, 0.1) is 7.11 Å². The first-order valence-corrected chi connectivity index (χ1v) is 5.82. The van der Waals surface area contributed by atoms with Gasteiger partial charge in [-0.25, -0.2) is 9.97 Å². The molecule has 1 aromatic heterocycles. The number of esters is 1. The lowest BCUT2D eigenvalue weighted by atomic mass is 10.2. The van der Waals surface area contributed by atoms with Crippen LogP contribution in [0.4, 0.5) is 5.95 Å². The summed E-state index contributed by atoms with van der Waals surface area (Å²) in [7, 11) is 1.42. The predicted molar refractivity (Wildman–Crippen MR) is 65.7 cm³/mol. The summed E-state index contributed by atoms with van der Waals surface area (Å²) in [5, 5.41) is 3.15. The lowest BCUT2D eigenvalue weighted by Gasteiger charge is -2.04. The van der Waals surface area contributed by atoms with Crippen molar-refractivity contribution in [2.45, 2.75) is 32.6 Å². The molecular weight excluding hydrogens is 218 g/mol. The molecule has 0 aliphatic rings. The highest BCUT2D eigenvalue weighted by Crippen LogP contribution is 2.03. The zero-order chi connectivity index (χ0) is 12.5. The molecule has 1 heterocycles. The van der Waals surface area contributed by atoms with Crippen molar-refractivity contribution in [3.05, 3.63) is 18.0 Å². The van der Waals surface area contributed by atoms with E-state index in [1.165, 1.54) is 7.11 Å². The van der Waals surface area contributed by atoms with Gasteiger partial charge in [-0.05, 0) is 25.8 Å². The summed E-state index contributed by atoms with van der Waals surface area (Å²) in [5.41, 5.74) is 0.952. The fourth-order valence-electron chi connectivity index (χ4n) is 1.41. The smallest absolute Gasteiger partial charge is 0.305 e. The molecule has 0 atom stereocenters. The van der Waals surface area contributed by atoms with Crippen LogP contribution in [0.3, 0.4) is 0 Å². The number of unbranched alkanes of at least 4 members (excludes halogenated alkanes) is 2. The van der Waals surface area contributed by atoms with Gasteiger partial charge in [0, 0.05) is 24.9 Å². The number of nitrogens with zero attached hydrogens (tertiary/aromatic N) is 2. The van der Waals surface area contributed by atoms with Crippen LogP contribution in [0.2, 0.25) is 0 Å². The SMILES string of the molecule is COC(=O)CCCCCNc1nccc(C)n1. The molecule has 0 amide bonds. The minimum atomic E-state index is -0.139. The van der Waals surface area contributed by atoms with Crippen molar-refractivity contribution in [1.29, 1.82) is 0 Å². The van der Waals surface area contributed by atoms with E-state index in [1.54, 1.807) is 6.20 Å². The van der Waals surface area contributed by atoms with E-state index in [9.17, 15) is 4.79 Å². The number of hydrogen-bond acceptors (Lipinski definition) is 5. The van der Waals surface area contributed by atoms with Crippen LogP contribution in [0.1, 0.15) is 31.4 Å². The Morgan fingerprint density at radius 2 is 2.24 bits per heavy atom. The third-order valence-corrected chi connectivity index (χ3v) is 2.36. The summed E-state index contributed by atoms with van der Waals surface area (Å²) in [6, 6.07) is 1.86. The molecule has 1 aromatic rings. The lowest BCUT2D eigenvalue weighted by molar-refractivity contribution is -0.140. The van der Waals surface area contributed by atoms with Gasteiger partial charge in [-0.3, -0.25) is 4.79 Å². The molecular formula is C12H19N3O2. The average Bonchev–Trinajstić information content (AvgIpc) is 2.33. The van der Waals surface area contributed by atoms with Crippen LogP contribution >= 0.6 is 0 Å². The third-order valence-electron chi connectivity index (χ3n) is 2.36. The molecule has 94 valence electrons. The molecule has 0 radical (unpaired) electrons. The summed E-state index contributed by atoms with van der Waals surface area (Å²) >= 11 is 0. The molecule has 5 nitrogen and oxygen atoms in total. The Kier molecular flexibility index (Phi) is 5.99. The summed E-state index contributed by atoms with van der Waals surface area (Å²) < 4.78 is 4.56. The van der Waals surface area contributed by atoms with Crippen molar-refractivity contribution in [2.24, 2.45) is 0 Å². The van der Waals surface area contributed by atoms with Crippen LogP contribution in [0.15, 0.2) is 12.3 Å². The minimum Gasteiger partial charge on any atom is -0.469 e. The molecule has 1 rings (SSSR count). The first-order valence-electron chi connectivity index (χ1n) is 5.82. The van der Waals surface area contributed by atoms with Crippen LogP contribution < -0.4 is 5.32 Å². The third kappa shape index (κ3) is 5.85. The van der Waals surface area contributed by atoms with Crippen molar-refractivity contribution in [3.8, 4) is 0 Å². The quantitative estimate of drug-likeness (QED) is 0.580. The number of nitrogens with one attached hydrogen (secondary N) is 1. The largest absolute Gasteiger partial charge is 0.469 e. The monoisotopic (exact) mass is 237 g/mol. The van der Waals surface area contributed by atoms with E-state index >= 15 is 0 Å². The number of hydrogen-bond donors (Lipinski definition) is 1. The molecule has 1 N–H and O–H groups in total. The Bertz CT molecular complexity index is 355. The number of ether oxygens (including phenoxy) is 1. The van der Waals surface area contributed by atoms with Crippen molar-refractivity contribution in [1.82, 2.24) is 9.97 Å². The molecule has 0 unspecified atom stereocenters. The Labute approximate surface area is 102 Å². The van der Waals surface area contributed by atoms with Crippen molar-refractivity contribution in [2.75, 3.05) is 19.0 Å². The Balaban J connectivity index is 2.06. The Morgan fingerprint density at radius 1 is 1.41 bits per heavy atom. The Morgan fingerprint density at radius 3 is 2.94 bits per heavy atom. The summed E-state index contributed by atoms with van der Waals surface area (Å²) in [6.07, 6.45) is 5.09. The summed E-state index contributed by atoms with van der Waals surface area (Å²) in [4.78, 5) is 19.2. The molecule has 5 heteroatoms.